The van der Waals surface area contributed by atoms with Gasteiger partial charge in [0.15, 0.2) is 0 Å². The van der Waals surface area contributed by atoms with E-state index >= 15 is 0 Å². The highest BCUT2D eigenvalue weighted by atomic mass is 16.3. The number of aliphatic hydroxyl groups excluding tert-OH is 1. The molecule has 2 saturated heterocycles. The van der Waals surface area contributed by atoms with Crippen LogP contribution >= 0.6 is 0 Å². The van der Waals surface area contributed by atoms with Crippen LogP contribution in [0.4, 0.5) is 0 Å². The maximum atomic E-state index is 9.20. The summed E-state index contributed by atoms with van der Waals surface area (Å²) in [6.45, 7) is 7.73. The van der Waals surface area contributed by atoms with E-state index in [1.165, 1.54) is 32.5 Å². The van der Waals surface area contributed by atoms with E-state index < -0.39 is 0 Å². The van der Waals surface area contributed by atoms with Gasteiger partial charge < -0.3 is 10.0 Å². The minimum Gasteiger partial charge on any atom is -0.390 e. The summed E-state index contributed by atoms with van der Waals surface area (Å²) in [7, 11) is 0. The molecule has 0 unspecified atom stereocenters. The van der Waals surface area contributed by atoms with E-state index in [0.29, 0.717) is 0 Å². The zero-order valence-electron chi connectivity index (χ0n) is 8.45. The number of hydrogen-bond donors (Lipinski definition) is 1. The van der Waals surface area contributed by atoms with Gasteiger partial charge in [-0.25, -0.2) is 0 Å². The summed E-state index contributed by atoms with van der Waals surface area (Å²) in [6, 6.07) is 0.756. The molecule has 0 aliphatic carbocycles. The van der Waals surface area contributed by atoms with Crippen molar-refractivity contribution >= 4 is 0 Å². The minimum atomic E-state index is -0.0378. The number of aliphatic hydroxyl groups is 1. The van der Waals surface area contributed by atoms with Crippen LogP contribution in [0.3, 0.4) is 0 Å². The normalized spacial score (nSPS) is 29.1. The van der Waals surface area contributed by atoms with Crippen LogP contribution in [0.5, 0.6) is 0 Å². The van der Waals surface area contributed by atoms with Crippen molar-refractivity contribution in [1.82, 2.24) is 9.80 Å². The van der Waals surface area contributed by atoms with Gasteiger partial charge in [0.1, 0.15) is 0 Å². The second-order valence-corrected chi connectivity index (χ2v) is 4.27. The fraction of sp³-hybridized carbons (Fsp3) is 1.00. The summed E-state index contributed by atoms with van der Waals surface area (Å²) in [5, 5.41) is 9.20. The Morgan fingerprint density at radius 1 is 1.23 bits per heavy atom. The molecule has 0 atom stereocenters. The van der Waals surface area contributed by atoms with Crippen molar-refractivity contribution in [2.75, 3.05) is 32.7 Å². The Kier molecular flexibility index (Phi) is 2.86. The third kappa shape index (κ3) is 2.03. The van der Waals surface area contributed by atoms with Crippen molar-refractivity contribution in [3.05, 3.63) is 0 Å². The van der Waals surface area contributed by atoms with Crippen LogP contribution in [0, 0.1) is 0 Å². The summed E-state index contributed by atoms with van der Waals surface area (Å²) >= 11 is 0. The van der Waals surface area contributed by atoms with Gasteiger partial charge >= 0.3 is 0 Å². The van der Waals surface area contributed by atoms with Gasteiger partial charge in [0.2, 0.25) is 0 Å². The fourth-order valence-electron chi connectivity index (χ4n) is 2.39. The predicted octanol–water partition coefficient (Wildman–Crippen LogP) is 0.147. The molecule has 0 spiro atoms. The van der Waals surface area contributed by atoms with Gasteiger partial charge in [0, 0.05) is 19.1 Å². The zero-order valence-corrected chi connectivity index (χ0v) is 8.45. The van der Waals surface area contributed by atoms with Crippen molar-refractivity contribution in [2.45, 2.75) is 31.9 Å². The van der Waals surface area contributed by atoms with Gasteiger partial charge in [-0.05, 0) is 32.5 Å². The van der Waals surface area contributed by atoms with Gasteiger partial charge in [0.25, 0.3) is 0 Å². The van der Waals surface area contributed by atoms with E-state index in [-0.39, 0.29) is 6.10 Å². The van der Waals surface area contributed by atoms with E-state index in [1.54, 1.807) is 0 Å². The van der Waals surface area contributed by atoms with Crippen LogP contribution in [0.25, 0.3) is 0 Å². The van der Waals surface area contributed by atoms with E-state index in [9.17, 15) is 5.11 Å². The molecule has 76 valence electrons. The highest BCUT2D eigenvalue weighted by molar-refractivity contribution is 4.88. The lowest BCUT2D eigenvalue weighted by molar-refractivity contribution is -0.0393. The van der Waals surface area contributed by atoms with Crippen LogP contribution in [0.1, 0.15) is 19.8 Å². The lowest BCUT2D eigenvalue weighted by atomic mass is 9.99. The lowest BCUT2D eigenvalue weighted by Gasteiger charge is -2.45. The predicted molar refractivity (Wildman–Crippen MR) is 52.7 cm³/mol. The summed E-state index contributed by atoms with van der Waals surface area (Å²) in [4.78, 5) is 4.93. The molecule has 0 bridgehead atoms. The molecule has 3 nitrogen and oxygen atoms in total. The highest BCUT2D eigenvalue weighted by Gasteiger charge is 2.32. The van der Waals surface area contributed by atoms with Gasteiger partial charge in [0.05, 0.1) is 6.10 Å². The van der Waals surface area contributed by atoms with Crippen LogP contribution in [-0.4, -0.2) is 59.8 Å². The standard InChI is InChI=1S/C10H20N2O/c1-2-11-5-3-9(4-6-11)12-7-10(13)8-12/h9-10,13H,2-8H2,1H3. The van der Waals surface area contributed by atoms with Crippen LogP contribution < -0.4 is 0 Å². The molecule has 0 amide bonds. The largest absolute Gasteiger partial charge is 0.390 e. The van der Waals surface area contributed by atoms with E-state index in [0.717, 1.165) is 19.1 Å². The lowest BCUT2D eigenvalue weighted by Crippen LogP contribution is -2.57. The van der Waals surface area contributed by atoms with Crippen molar-refractivity contribution in [3.8, 4) is 0 Å². The zero-order chi connectivity index (χ0) is 9.26. The first-order valence-corrected chi connectivity index (χ1v) is 5.44. The third-order valence-electron chi connectivity index (χ3n) is 3.41. The number of likely N-dealkylation sites (tertiary alicyclic amines) is 2. The molecule has 2 fully saturated rings. The molecular formula is C10H20N2O. The Bertz CT molecular complexity index is 160. The third-order valence-corrected chi connectivity index (χ3v) is 3.41. The van der Waals surface area contributed by atoms with Crippen molar-refractivity contribution in [1.29, 1.82) is 0 Å². The maximum absolute atomic E-state index is 9.20. The number of nitrogens with zero attached hydrogens (tertiary/aromatic N) is 2. The Balaban J connectivity index is 1.72. The van der Waals surface area contributed by atoms with E-state index in [4.69, 9.17) is 0 Å². The quantitative estimate of drug-likeness (QED) is 0.661. The average Bonchev–Trinajstić information content (AvgIpc) is 2.13. The van der Waals surface area contributed by atoms with Crippen LogP contribution in [0.2, 0.25) is 0 Å². The van der Waals surface area contributed by atoms with Crippen molar-refractivity contribution in [2.24, 2.45) is 0 Å². The summed E-state index contributed by atoms with van der Waals surface area (Å²) in [5.74, 6) is 0. The van der Waals surface area contributed by atoms with Crippen LogP contribution in [0.15, 0.2) is 0 Å². The average molecular weight is 184 g/mol. The van der Waals surface area contributed by atoms with E-state index in [1.807, 2.05) is 0 Å². The monoisotopic (exact) mass is 184 g/mol. The molecule has 1 N–H and O–H groups in total. The number of β-amino-alcohol motifs (C(OH)–C–C–N with tert-alkyl or cyclic N) is 1. The molecule has 0 saturated carbocycles. The Labute approximate surface area is 80.3 Å². The summed E-state index contributed by atoms with van der Waals surface area (Å²) in [6.07, 6.45) is 2.55. The molecule has 2 aliphatic rings. The SMILES string of the molecule is CCN1CCC(N2CC(O)C2)CC1. The Morgan fingerprint density at radius 2 is 1.85 bits per heavy atom. The van der Waals surface area contributed by atoms with Gasteiger partial charge in [-0.2, -0.15) is 0 Å². The van der Waals surface area contributed by atoms with Gasteiger partial charge in [-0.15, -0.1) is 0 Å². The molecule has 2 heterocycles. The van der Waals surface area contributed by atoms with Crippen LogP contribution in [-0.2, 0) is 0 Å². The molecular weight excluding hydrogens is 164 g/mol. The first-order valence-electron chi connectivity index (χ1n) is 5.44. The second kappa shape index (κ2) is 3.95. The van der Waals surface area contributed by atoms with Gasteiger partial charge in [-0.3, -0.25) is 4.90 Å². The van der Waals surface area contributed by atoms with Crippen molar-refractivity contribution in [3.63, 3.8) is 0 Å². The highest BCUT2D eigenvalue weighted by Crippen LogP contribution is 2.21. The molecule has 0 aromatic rings. The molecule has 2 rings (SSSR count). The molecule has 13 heavy (non-hydrogen) atoms. The summed E-state index contributed by atoms with van der Waals surface area (Å²) < 4.78 is 0. The number of hydrogen-bond acceptors (Lipinski definition) is 3. The topological polar surface area (TPSA) is 26.7 Å². The Morgan fingerprint density at radius 3 is 2.31 bits per heavy atom. The maximum Gasteiger partial charge on any atom is 0.0794 e. The fourth-order valence-corrected chi connectivity index (χ4v) is 2.39. The minimum absolute atomic E-state index is 0.0378. The summed E-state index contributed by atoms with van der Waals surface area (Å²) in [5.41, 5.74) is 0. The Hall–Kier alpha value is -0.120. The first-order chi connectivity index (χ1) is 6.29. The number of rotatable bonds is 2. The molecule has 0 aromatic carbocycles. The van der Waals surface area contributed by atoms with Crippen molar-refractivity contribution < 1.29 is 5.11 Å². The second-order valence-electron chi connectivity index (χ2n) is 4.27. The smallest absolute Gasteiger partial charge is 0.0794 e. The number of piperidine rings is 1. The van der Waals surface area contributed by atoms with Gasteiger partial charge in [-0.1, -0.05) is 6.92 Å². The molecule has 0 radical (unpaired) electrons. The molecule has 3 heteroatoms. The molecule has 2 aliphatic heterocycles. The molecule has 0 aromatic heterocycles. The first kappa shape index (κ1) is 9.44. The van der Waals surface area contributed by atoms with E-state index in [2.05, 4.69) is 16.7 Å².